The zero-order valence-corrected chi connectivity index (χ0v) is 15.5. The molecule has 0 atom stereocenters. The smallest absolute Gasteiger partial charge is 0.246 e. The first-order valence-corrected chi connectivity index (χ1v) is 8.79. The Bertz CT molecular complexity index is 866. The van der Waals surface area contributed by atoms with E-state index in [1.54, 1.807) is 12.4 Å². The van der Waals surface area contributed by atoms with Crippen molar-refractivity contribution in [2.75, 3.05) is 11.4 Å². The minimum Gasteiger partial charge on any atom is -0.326 e. The molecule has 134 valence electrons. The first kappa shape index (κ1) is 17.9. The lowest BCUT2D eigenvalue weighted by molar-refractivity contribution is -0.119. The van der Waals surface area contributed by atoms with Crippen molar-refractivity contribution in [3.05, 3.63) is 77.6 Å². The predicted molar refractivity (Wildman–Crippen MR) is 103 cm³/mol. The lowest BCUT2D eigenvalue weighted by Gasteiger charge is -2.27. The van der Waals surface area contributed by atoms with E-state index in [4.69, 9.17) is 0 Å². The lowest BCUT2D eigenvalue weighted by Crippen LogP contribution is -2.36. The molecule has 1 aromatic carbocycles. The van der Waals surface area contributed by atoms with Gasteiger partial charge in [-0.3, -0.25) is 9.78 Å². The van der Waals surface area contributed by atoms with Crippen LogP contribution < -0.4 is 4.90 Å². The van der Waals surface area contributed by atoms with Crippen molar-refractivity contribution >= 4 is 11.6 Å². The monoisotopic (exact) mass is 348 g/mol. The summed E-state index contributed by atoms with van der Waals surface area (Å²) in [5.74, 6) is 0.902. The van der Waals surface area contributed by atoms with E-state index >= 15 is 0 Å². The minimum atomic E-state index is 0.0624. The normalized spacial score (nSPS) is 10.7. The minimum absolute atomic E-state index is 0.0624. The van der Waals surface area contributed by atoms with Crippen LogP contribution in [0.2, 0.25) is 0 Å². The molecule has 0 N–H and O–H groups in total. The third-order valence-electron chi connectivity index (χ3n) is 4.59. The molecular weight excluding hydrogens is 324 g/mol. The third kappa shape index (κ3) is 3.99. The highest BCUT2D eigenvalue weighted by atomic mass is 16.2. The zero-order chi connectivity index (χ0) is 18.5. The van der Waals surface area contributed by atoms with Crippen LogP contribution in [0.5, 0.6) is 0 Å². The lowest BCUT2D eigenvalue weighted by atomic mass is 10.1. The quantitative estimate of drug-likeness (QED) is 0.685. The molecule has 0 spiro atoms. The van der Waals surface area contributed by atoms with Gasteiger partial charge in [-0.2, -0.15) is 0 Å². The second-order valence-electron chi connectivity index (χ2n) is 6.50. The first-order valence-electron chi connectivity index (χ1n) is 8.79. The van der Waals surface area contributed by atoms with E-state index in [0.717, 1.165) is 34.6 Å². The molecular formula is C21H24N4O. The fraction of sp³-hybridized carbons (Fsp3) is 0.286. The molecule has 0 aliphatic heterocycles. The molecule has 0 bridgehead atoms. The largest absolute Gasteiger partial charge is 0.326 e. The van der Waals surface area contributed by atoms with Gasteiger partial charge in [0.25, 0.3) is 0 Å². The molecule has 0 unspecified atom stereocenters. The van der Waals surface area contributed by atoms with Crippen LogP contribution in [0.4, 0.5) is 5.69 Å². The van der Waals surface area contributed by atoms with E-state index in [0.29, 0.717) is 6.54 Å². The molecule has 1 amide bonds. The van der Waals surface area contributed by atoms with Crippen LogP contribution in [0.3, 0.4) is 0 Å². The van der Waals surface area contributed by atoms with Crippen molar-refractivity contribution in [2.24, 2.45) is 0 Å². The number of benzene rings is 1. The summed E-state index contributed by atoms with van der Waals surface area (Å²) in [6, 6.07) is 10.1. The summed E-state index contributed by atoms with van der Waals surface area (Å²) in [4.78, 5) is 23.4. The number of amides is 1. The fourth-order valence-corrected chi connectivity index (χ4v) is 3.18. The Kier molecular flexibility index (Phi) is 5.46. The Labute approximate surface area is 154 Å². The topological polar surface area (TPSA) is 51.0 Å². The maximum Gasteiger partial charge on any atom is 0.246 e. The van der Waals surface area contributed by atoms with Gasteiger partial charge in [0.1, 0.15) is 12.4 Å². The summed E-state index contributed by atoms with van der Waals surface area (Å²) in [7, 11) is 0. The van der Waals surface area contributed by atoms with E-state index in [1.165, 1.54) is 0 Å². The number of para-hydroxylation sites is 1. The number of aryl methyl sites for hydroxylation is 3. The van der Waals surface area contributed by atoms with Gasteiger partial charge in [0, 0.05) is 37.0 Å². The van der Waals surface area contributed by atoms with Gasteiger partial charge in [0.2, 0.25) is 5.91 Å². The maximum atomic E-state index is 13.2. The number of rotatable bonds is 6. The third-order valence-corrected chi connectivity index (χ3v) is 4.59. The highest BCUT2D eigenvalue weighted by Gasteiger charge is 2.20. The predicted octanol–water partition coefficient (Wildman–Crippen LogP) is 3.48. The Morgan fingerprint density at radius 2 is 1.85 bits per heavy atom. The van der Waals surface area contributed by atoms with Crippen LogP contribution in [0.25, 0.3) is 0 Å². The molecule has 0 fully saturated rings. The van der Waals surface area contributed by atoms with Gasteiger partial charge >= 0.3 is 0 Å². The van der Waals surface area contributed by atoms with E-state index in [2.05, 4.69) is 35.9 Å². The molecule has 0 saturated carbocycles. The molecule has 0 aliphatic carbocycles. The standard InChI is InChI=1S/C21H24N4O/c1-16-6-4-7-17(2)21(16)25(12-9-19-8-5-10-22-14-19)20(26)15-24-13-11-23-18(24)3/h4-8,10-11,13-14H,9,12,15H2,1-3H3. The molecule has 3 rings (SSSR count). The number of hydrogen-bond acceptors (Lipinski definition) is 3. The average molecular weight is 348 g/mol. The van der Waals surface area contributed by atoms with Crippen molar-refractivity contribution < 1.29 is 4.79 Å². The van der Waals surface area contributed by atoms with E-state index < -0.39 is 0 Å². The maximum absolute atomic E-state index is 13.2. The second-order valence-corrected chi connectivity index (χ2v) is 6.50. The summed E-state index contributed by atoms with van der Waals surface area (Å²) in [6.45, 7) is 6.91. The van der Waals surface area contributed by atoms with E-state index in [1.807, 2.05) is 47.0 Å². The van der Waals surface area contributed by atoms with Gasteiger partial charge in [0.15, 0.2) is 0 Å². The van der Waals surface area contributed by atoms with Crippen LogP contribution >= 0.6 is 0 Å². The highest BCUT2D eigenvalue weighted by Crippen LogP contribution is 2.25. The number of anilines is 1. The summed E-state index contributed by atoms with van der Waals surface area (Å²) >= 11 is 0. The number of hydrogen-bond donors (Lipinski definition) is 0. The highest BCUT2D eigenvalue weighted by molar-refractivity contribution is 5.94. The van der Waals surface area contributed by atoms with Crippen molar-refractivity contribution in [2.45, 2.75) is 33.7 Å². The SMILES string of the molecule is Cc1cccc(C)c1N(CCc1cccnc1)C(=O)Cn1ccnc1C. The first-order chi connectivity index (χ1) is 12.6. The van der Waals surface area contributed by atoms with Crippen LogP contribution in [-0.2, 0) is 17.8 Å². The Morgan fingerprint density at radius 1 is 1.08 bits per heavy atom. The van der Waals surface area contributed by atoms with Crippen molar-refractivity contribution in [3.8, 4) is 0 Å². The molecule has 0 saturated heterocycles. The van der Waals surface area contributed by atoms with E-state index in [-0.39, 0.29) is 12.5 Å². The van der Waals surface area contributed by atoms with Gasteiger partial charge in [-0.15, -0.1) is 0 Å². The van der Waals surface area contributed by atoms with Crippen LogP contribution in [-0.4, -0.2) is 27.0 Å². The summed E-state index contributed by atoms with van der Waals surface area (Å²) < 4.78 is 1.88. The van der Waals surface area contributed by atoms with Crippen LogP contribution in [0.15, 0.2) is 55.1 Å². The second kappa shape index (κ2) is 7.95. The number of nitrogens with zero attached hydrogens (tertiary/aromatic N) is 4. The van der Waals surface area contributed by atoms with Crippen LogP contribution in [0.1, 0.15) is 22.5 Å². The van der Waals surface area contributed by atoms with Crippen molar-refractivity contribution in [1.82, 2.24) is 14.5 Å². The van der Waals surface area contributed by atoms with Gasteiger partial charge in [-0.25, -0.2) is 4.98 Å². The molecule has 0 aliphatic rings. The number of pyridine rings is 1. The summed E-state index contributed by atoms with van der Waals surface area (Å²) in [5.41, 5.74) is 4.33. The number of carbonyl (C=O) groups excluding carboxylic acids is 1. The van der Waals surface area contributed by atoms with Crippen LogP contribution in [0, 0.1) is 20.8 Å². The van der Waals surface area contributed by atoms with Gasteiger partial charge in [0.05, 0.1) is 0 Å². The summed E-state index contributed by atoms with van der Waals surface area (Å²) in [5, 5.41) is 0. The molecule has 26 heavy (non-hydrogen) atoms. The van der Waals surface area contributed by atoms with Gasteiger partial charge in [-0.1, -0.05) is 24.3 Å². The zero-order valence-electron chi connectivity index (χ0n) is 15.5. The number of imidazole rings is 1. The molecule has 2 heterocycles. The molecule has 0 radical (unpaired) electrons. The number of aromatic nitrogens is 3. The van der Waals surface area contributed by atoms with Crippen molar-refractivity contribution in [1.29, 1.82) is 0 Å². The van der Waals surface area contributed by atoms with Gasteiger partial charge < -0.3 is 9.47 Å². The number of carbonyl (C=O) groups is 1. The van der Waals surface area contributed by atoms with Crippen molar-refractivity contribution in [3.63, 3.8) is 0 Å². The Balaban J connectivity index is 1.88. The average Bonchev–Trinajstić information content (AvgIpc) is 3.03. The molecule has 5 nitrogen and oxygen atoms in total. The molecule has 2 aromatic heterocycles. The molecule has 5 heteroatoms. The van der Waals surface area contributed by atoms with Gasteiger partial charge in [-0.05, 0) is 49.9 Å². The summed E-state index contributed by atoms with van der Waals surface area (Å²) in [6.07, 6.45) is 7.95. The molecule has 3 aromatic rings. The Morgan fingerprint density at radius 3 is 2.46 bits per heavy atom. The fourth-order valence-electron chi connectivity index (χ4n) is 3.18. The van der Waals surface area contributed by atoms with E-state index in [9.17, 15) is 4.79 Å². The Hall–Kier alpha value is -2.95.